The Morgan fingerprint density at radius 2 is 1.75 bits per heavy atom. The van der Waals surface area contributed by atoms with E-state index in [0.717, 1.165) is 63.7 Å². The van der Waals surface area contributed by atoms with E-state index in [2.05, 4.69) is 10.2 Å². The van der Waals surface area contributed by atoms with Gasteiger partial charge in [-0.1, -0.05) is 25.3 Å². The molecular formula is C24H30FN3O3S. The fourth-order valence-electron chi connectivity index (χ4n) is 4.61. The number of halogens is 1. The van der Waals surface area contributed by atoms with Gasteiger partial charge in [-0.25, -0.2) is 12.8 Å². The molecule has 172 valence electrons. The van der Waals surface area contributed by atoms with Crippen LogP contribution in [0.5, 0.6) is 0 Å². The van der Waals surface area contributed by atoms with E-state index >= 15 is 0 Å². The number of hydrogen-bond donors (Lipinski definition) is 1. The van der Waals surface area contributed by atoms with Gasteiger partial charge in [-0.15, -0.1) is 0 Å². The lowest BCUT2D eigenvalue weighted by Gasteiger charge is -2.30. The number of benzene rings is 2. The molecular weight excluding hydrogens is 429 g/mol. The second-order valence-corrected chi connectivity index (χ2v) is 10.7. The van der Waals surface area contributed by atoms with E-state index in [9.17, 15) is 17.6 Å². The van der Waals surface area contributed by atoms with Gasteiger partial charge < -0.3 is 10.2 Å². The van der Waals surface area contributed by atoms with Crippen LogP contribution in [0.2, 0.25) is 0 Å². The van der Waals surface area contributed by atoms with Crippen molar-refractivity contribution in [1.82, 2.24) is 4.31 Å². The van der Waals surface area contributed by atoms with Crippen molar-refractivity contribution in [3.63, 3.8) is 0 Å². The Bertz CT molecular complexity index is 1080. The van der Waals surface area contributed by atoms with E-state index in [0.29, 0.717) is 5.69 Å². The average molecular weight is 460 g/mol. The molecule has 8 heteroatoms. The highest BCUT2D eigenvalue weighted by molar-refractivity contribution is 7.89. The zero-order valence-electron chi connectivity index (χ0n) is 18.4. The highest BCUT2D eigenvalue weighted by Crippen LogP contribution is 2.28. The number of carbonyl (C=O) groups is 1. The Labute approximate surface area is 189 Å². The average Bonchev–Trinajstić information content (AvgIpc) is 3.34. The molecule has 1 heterocycles. The molecule has 1 aliphatic heterocycles. The van der Waals surface area contributed by atoms with Crippen LogP contribution >= 0.6 is 0 Å². The standard InChI is InChI=1S/C24H30FN3O3S/c1-27(21-9-3-2-4-10-21)32(30,31)23-11-7-8-18(14-23)24(29)26-20-15-19(25)16-22(17-20)28-12-5-6-13-28/h7-8,11,14-17,21H,2-6,9-10,12-13H2,1H3,(H,26,29). The Morgan fingerprint density at radius 1 is 1.03 bits per heavy atom. The zero-order valence-corrected chi connectivity index (χ0v) is 19.2. The molecule has 4 rings (SSSR count). The summed E-state index contributed by atoms with van der Waals surface area (Å²) in [4.78, 5) is 15.0. The Morgan fingerprint density at radius 3 is 2.47 bits per heavy atom. The fraction of sp³-hybridized carbons (Fsp3) is 0.458. The van der Waals surface area contributed by atoms with Crippen molar-refractivity contribution < 1.29 is 17.6 Å². The van der Waals surface area contributed by atoms with Crippen molar-refractivity contribution in [2.75, 3.05) is 30.4 Å². The minimum absolute atomic E-state index is 0.0115. The SMILES string of the molecule is CN(C1CCCCC1)S(=O)(=O)c1cccc(C(=O)Nc2cc(F)cc(N3CCCC3)c2)c1. The van der Waals surface area contributed by atoms with E-state index in [1.807, 2.05) is 0 Å². The van der Waals surface area contributed by atoms with Gasteiger partial charge in [-0.05, 0) is 62.1 Å². The number of carbonyl (C=O) groups excluding carboxylic acids is 1. The Hall–Kier alpha value is -2.45. The molecule has 2 aromatic rings. The van der Waals surface area contributed by atoms with Gasteiger partial charge in [0, 0.05) is 43.1 Å². The second kappa shape index (κ2) is 9.58. The first-order valence-electron chi connectivity index (χ1n) is 11.3. The van der Waals surface area contributed by atoms with Crippen LogP contribution in [0.3, 0.4) is 0 Å². The fourth-order valence-corrected chi connectivity index (χ4v) is 6.07. The first-order valence-corrected chi connectivity index (χ1v) is 12.7. The lowest BCUT2D eigenvalue weighted by atomic mass is 9.96. The lowest BCUT2D eigenvalue weighted by Crippen LogP contribution is -2.38. The maximum atomic E-state index is 14.2. The van der Waals surface area contributed by atoms with Gasteiger partial charge in [0.05, 0.1) is 4.90 Å². The molecule has 6 nitrogen and oxygen atoms in total. The summed E-state index contributed by atoms with van der Waals surface area (Å²) in [5.74, 6) is -0.893. The third kappa shape index (κ3) is 4.96. The molecule has 0 aromatic heterocycles. The number of anilines is 2. The molecule has 0 radical (unpaired) electrons. The summed E-state index contributed by atoms with van der Waals surface area (Å²) in [6.45, 7) is 1.73. The molecule has 0 bridgehead atoms. The van der Waals surface area contributed by atoms with Crippen LogP contribution in [0.15, 0.2) is 47.4 Å². The molecule has 2 aliphatic rings. The van der Waals surface area contributed by atoms with Gasteiger partial charge in [0.1, 0.15) is 5.82 Å². The number of hydrogen-bond acceptors (Lipinski definition) is 4. The quantitative estimate of drug-likeness (QED) is 0.684. The number of nitrogens with one attached hydrogen (secondary N) is 1. The summed E-state index contributed by atoms with van der Waals surface area (Å²) < 4.78 is 41.9. The molecule has 0 atom stereocenters. The van der Waals surface area contributed by atoms with Gasteiger partial charge in [0.2, 0.25) is 10.0 Å². The highest BCUT2D eigenvalue weighted by atomic mass is 32.2. The predicted octanol–water partition coefficient (Wildman–Crippen LogP) is 4.63. The summed E-state index contributed by atoms with van der Waals surface area (Å²) in [6.07, 6.45) is 7.03. The molecule has 32 heavy (non-hydrogen) atoms. The molecule has 1 saturated carbocycles. The van der Waals surface area contributed by atoms with Crippen LogP contribution in [-0.4, -0.2) is 44.8 Å². The van der Waals surface area contributed by atoms with Crippen LogP contribution in [0.25, 0.3) is 0 Å². The van der Waals surface area contributed by atoms with Gasteiger partial charge in [0.15, 0.2) is 0 Å². The molecule has 2 aromatic carbocycles. The third-order valence-corrected chi connectivity index (χ3v) is 8.38. The van der Waals surface area contributed by atoms with Crippen molar-refractivity contribution in [3.05, 3.63) is 53.8 Å². The van der Waals surface area contributed by atoms with Crippen molar-refractivity contribution in [3.8, 4) is 0 Å². The Balaban J connectivity index is 1.52. The van der Waals surface area contributed by atoms with Gasteiger partial charge in [0.25, 0.3) is 5.91 Å². The molecule has 1 amide bonds. The largest absolute Gasteiger partial charge is 0.371 e. The predicted molar refractivity (Wildman–Crippen MR) is 124 cm³/mol. The van der Waals surface area contributed by atoms with Crippen LogP contribution in [0, 0.1) is 5.82 Å². The van der Waals surface area contributed by atoms with Crippen LogP contribution in [0.4, 0.5) is 15.8 Å². The van der Waals surface area contributed by atoms with Gasteiger partial charge in [-0.2, -0.15) is 4.31 Å². The molecule has 1 saturated heterocycles. The molecule has 2 fully saturated rings. The zero-order chi connectivity index (χ0) is 22.7. The first kappa shape index (κ1) is 22.7. The summed E-state index contributed by atoms with van der Waals surface area (Å²) in [7, 11) is -2.09. The first-order chi connectivity index (χ1) is 15.3. The minimum Gasteiger partial charge on any atom is -0.371 e. The Kier molecular flexibility index (Phi) is 6.81. The molecule has 0 spiro atoms. The topological polar surface area (TPSA) is 69.7 Å². The van der Waals surface area contributed by atoms with E-state index in [4.69, 9.17) is 0 Å². The van der Waals surface area contributed by atoms with E-state index in [1.54, 1.807) is 25.2 Å². The monoisotopic (exact) mass is 459 g/mol. The molecule has 1 aliphatic carbocycles. The van der Waals surface area contributed by atoms with Crippen molar-refractivity contribution in [1.29, 1.82) is 0 Å². The van der Waals surface area contributed by atoms with Crippen LogP contribution < -0.4 is 10.2 Å². The summed E-state index contributed by atoms with van der Waals surface area (Å²) in [6, 6.07) is 10.5. The minimum atomic E-state index is -3.71. The summed E-state index contributed by atoms with van der Waals surface area (Å²) in [5, 5.41) is 2.72. The number of nitrogens with zero attached hydrogens (tertiary/aromatic N) is 2. The number of amides is 1. The van der Waals surface area contributed by atoms with E-state index < -0.39 is 21.7 Å². The van der Waals surface area contributed by atoms with Crippen LogP contribution in [0.1, 0.15) is 55.3 Å². The maximum Gasteiger partial charge on any atom is 0.255 e. The van der Waals surface area contributed by atoms with Gasteiger partial charge in [-0.3, -0.25) is 4.79 Å². The van der Waals surface area contributed by atoms with Crippen LogP contribution in [-0.2, 0) is 10.0 Å². The van der Waals surface area contributed by atoms with E-state index in [1.165, 1.54) is 28.6 Å². The summed E-state index contributed by atoms with van der Waals surface area (Å²) >= 11 is 0. The van der Waals surface area contributed by atoms with Crippen molar-refractivity contribution in [2.24, 2.45) is 0 Å². The number of rotatable bonds is 6. The van der Waals surface area contributed by atoms with Gasteiger partial charge >= 0.3 is 0 Å². The number of sulfonamides is 1. The highest BCUT2D eigenvalue weighted by Gasteiger charge is 2.29. The van der Waals surface area contributed by atoms with Crippen molar-refractivity contribution in [2.45, 2.75) is 55.9 Å². The molecule has 0 unspecified atom stereocenters. The lowest BCUT2D eigenvalue weighted by molar-refractivity contribution is 0.102. The van der Waals surface area contributed by atoms with E-state index in [-0.39, 0.29) is 16.5 Å². The van der Waals surface area contributed by atoms with Crippen molar-refractivity contribution >= 4 is 27.3 Å². The third-order valence-electron chi connectivity index (χ3n) is 6.47. The normalized spacial score (nSPS) is 17.7. The summed E-state index contributed by atoms with van der Waals surface area (Å²) in [5.41, 5.74) is 1.31. The smallest absolute Gasteiger partial charge is 0.255 e. The maximum absolute atomic E-state index is 14.2. The molecule has 1 N–H and O–H groups in total. The second-order valence-electron chi connectivity index (χ2n) is 8.69.